The number of hydrogen-bond donors (Lipinski definition) is 0. The standard InChI is InChI=1S/C7H8O2PS/c1-11-10(8)9-7-5-3-2-4-6-7/h2-6H,1H3/q+1. The van der Waals surface area contributed by atoms with Crippen molar-refractivity contribution in [3.63, 3.8) is 0 Å². The van der Waals surface area contributed by atoms with Gasteiger partial charge in [-0.2, -0.15) is 0 Å². The van der Waals surface area contributed by atoms with Crippen LogP contribution in [-0.4, -0.2) is 6.26 Å². The van der Waals surface area contributed by atoms with Crippen molar-refractivity contribution in [3.8, 4) is 5.75 Å². The molecule has 2 nitrogen and oxygen atoms in total. The van der Waals surface area contributed by atoms with Crippen molar-refractivity contribution in [1.82, 2.24) is 0 Å². The summed E-state index contributed by atoms with van der Waals surface area (Å²) >= 11 is 1.21. The molecule has 0 bridgehead atoms. The maximum absolute atomic E-state index is 10.9. The zero-order chi connectivity index (χ0) is 8.10. The van der Waals surface area contributed by atoms with Gasteiger partial charge in [0.1, 0.15) is 0 Å². The zero-order valence-electron chi connectivity index (χ0n) is 6.06. The minimum absolute atomic E-state index is 0.656. The van der Waals surface area contributed by atoms with Gasteiger partial charge < -0.3 is 0 Å². The minimum atomic E-state index is -1.59. The number of benzene rings is 1. The van der Waals surface area contributed by atoms with Gasteiger partial charge in [0, 0.05) is 6.26 Å². The predicted octanol–water partition coefficient (Wildman–Crippen LogP) is 3.09. The summed E-state index contributed by atoms with van der Waals surface area (Å²) in [6, 6.07) is 9.14. The molecule has 0 amide bonds. The largest absolute Gasteiger partial charge is 0.634 e. The quantitative estimate of drug-likeness (QED) is 0.680. The molecule has 0 saturated heterocycles. The minimum Gasteiger partial charge on any atom is -0.245 e. The Morgan fingerprint density at radius 3 is 2.55 bits per heavy atom. The summed E-state index contributed by atoms with van der Waals surface area (Å²) in [7, 11) is -1.59. The van der Waals surface area contributed by atoms with Crippen LogP contribution in [-0.2, 0) is 4.57 Å². The van der Waals surface area contributed by atoms with Crippen LogP contribution in [0.5, 0.6) is 5.75 Å². The van der Waals surface area contributed by atoms with E-state index in [1.165, 1.54) is 11.4 Å². The van der Waals surface area contributed by atoms with Crippen LogP contribution >= 0.6 is 18.6 Å². The maximum atomic E-state index is 10.9. The third-order valence-electron chi connectivity index (χ3n) is 1.07. The molecular formula is C7H8O2PS+. The Morgan fingerprint density at radius 2 is 2.00 bits per heavy atom. The predicted molar refractivity (Wildman–Crippen MR) is 48.2 cm³/mol. The number of para-hydroxylation sites is 1. The molecule has 1 atom stereocenters. The SMILES string of the molecule is CS[P+](=O)Oc1ccccc1. The Labute approximate surface area is 70.6 Å². The summed E-state index contributed by atoms with van der Waals surface area (Å²) in [5.74, 6) is 0.656. The zero-order valence-corrected chi connectivity index (χ0v) is 7.77. The highest BCUT2D eigenvalue weighted by molar-refractivity contribution is 8.50. The summed E-state index contributed by atoms with van der Waals surface area (Å²) in [4.78, 5) is 0. The lowest BCUT2D eigenvalue weighted by Gasteiger charge is -1.88. The maximum Gasteiger partial charge on any atom is 0.634 e. The molecule has 1 aromatic carbocycles. The van der Waals surface area contributed by atoms with Crippen LogP contribution in [0.1, 0.15) is 0 Å². The average molecular weight is 187 g/mol. The molecule has 4 heteroatoms. The van der Waals surface area contributed by atoms with E-state index in [1.807, 2.05) is 18.2 Å². The Balaban J connectivity index is 2.58. The van der Waals surface area contributed by atoms with E-state index >= 15 is 0 Å². The van der Waals surface area contributed by atoms with E-state index in [2.05, 4.69) is 0 Å². The third-order valence-corrected chi connectivity index (χ3v) is 2.85. The Morgan fingerprint density at radius 1 is 1.36 bits per heavy atom. The topological polar surface area (TPSA) is 26.3 Å². The molecule has 0 saturated carbocycles. The number of rotatable bonds is 3. The van der Waals surface area contributed by atoms with Crippen molar-refractivity contribution in [1.29, 1.82) is 0 Å². The number of hydrogen-bond acceptors (Lipinski definition) is 3. The Kier molecular flexibility index (Phi) is 3.40. The van der Waals surface area contributed by atoms with E-state index in [4.69, 9.17) is 4.52 Å². The molecule has 1 aromatic rings. The van der Waals surface area contributed by atoms with Crippen LogP contribution in [0.15, 0.2) is 30.3 Å². The van der Waals surface area contributed by atoms with E-state index in [-0.39, 0.29) is 0 Å². The molecule has 1 rings (SSSR count). The van der Waals surface area contributed by atoms with Gasteiger partial charge in [-0.05, 0) is 16.7 Å². The van der Waals surface area contributed by atoms with Gasteiger partial charge in [-0.15, -0.1) is 0 Å². The molecule has 0 heterocycles. The molecule has 0 aliphatic carbocycles. The molecule has 0 aromatic heterocycles. The molecule has 0 aliphatic rings. The van der Waals surface area contributed by atoms with Crippen LogP contribution in [0.3, 0.4) is 0 Å². The summed E-state index contributed by atoms with van der Waals surface area (Å²) in [5.41, 5.74) is 0. The van der Waals surface area contributed by atoms with Gasteiger partial charge in [-0.1, -0.05) is 18.2 Å². The van der Waals surface area contributed by atoms with Gasteiger partial charge in [-0.25, -0.2) is 4.52 Å². The first-order valence-electron chi connectivity index (χ1n) is 3.07. The van der Waals surface area contributed by atoms with Crippen LogP contribution in [0.2, 0.25) is 0 Å². The summed E-state index contributed by atoms with van der Waals surface area (Å²) in [6.07, 6.45) is 1.75. The van der Waals surface area contributed by atoms with E-state index < -0.39 is 7.23 Å². The van der Waals surface area contributed by atoms with Crippen molar-refractivity contribution < 1.29 is 9.09 Å². The average Bonchev–Trinajstić information content (AvgIpc) is 2.06. The highest BCUT2D eigenvalue weighted by atomic mass is 32.7. The fourth-order valence-electron chi connectivity index (χ4n) is 0.605. The second-order valence-corrected chi connectivity index (χ2v) is 4.80. The molecule has 0 N–H and O–H groups in total. The summed E-state index contributed by atoms with van der Waals surface area (Å²) in [6.45, 7) is 0. The van der Waals surface area contributed by atoms with Crippen LogP contribution in [0.4, 0.5) is 0 Å². The highest BCUT2D eigenvalue weighted by Gasteiger charge is 2.16. The van der Waals surface area contributed by atoms with E-state index in [1.54, 1.807) is 18.4 Å². The van der Waals surface area contributed by atoms with Crippen LogP contribution in [0, 0.1) is 0 Å². The fraction of sp³-hybridized carbons (Fsp3) is 0.143. The first-order valence-corrected chi connectivity index (χ1v) is 6.08. The lowest BCUT2D eigenvalue weighted by Crippen LogP contribution is -1.75. The van der Waals surface area contributed by atoms with E-state index in [0.717, 1.165) is 0 Å². The normalized spacial score (nSPS) is 10.8. The third kappa shape index (κ3) is 2.91. The van der Waals surface area contributed by atoms with Gasteiger partial charge in [0.15, 0.2) is 17.1 Å². The molecule has 58 valence electrons. The molecule has 0 radical (unpaired) electrons. The first kappa shape index (κ1) is 8.57. The van der Waals surface area contributed by atoms with Gasteiger partial charge in [0.2, 0.25) is 0 Å². The second kappa shape index (κ2) is 4.37. The molecule has 0 fully saturated rings. The van der Waals surface area contributed by atoms with Crippen molar-refractivity contribution in [2.45, 2.75) is 0 Å². The van der Waals surface area contributed by atoms with Crippen molar-refractivity contribution in [2.24, 2.45) is 0 Å². The highest BCUT2D eigenvalue weighted by Crippen LogP contribution is 2.36. The molecule has 11 heavy (non-hydrogen) atoms. The Bertz CT molecular complexity index is 237. The van der Waals surface area contributed by atoms with Gasteiger partial charge >= 0.3 is 7.23 Å². The lowest BCUT2D eigenvalue weighted by atomic mass is 10.3. The van der Waals surface area contributed by atoms with Crippen LogP contribution < -0.4 is 4.52 Å². The second-order valence-electron chi connectivity index (χ2n) is 1.81. The van der Waals surface area contributed by atoms with Crippen LogP contribution in [0.25, 0.3) is 0 Å². The monoisotopic (exact) mass is 187 g/mol. The van der Waals surface area contributed by atoms with Gasteiger partial charge in [0.25, 0.3) is 0 Å². The van der Waals surface area contributed by atoms with E-state index in [0.29, 0.717) is 5.75 Å². The molecule has 0 spiro atoms. The molecule has 1 unspecified atom stereocenters. The first-order chi connectivity index (χ1) is 5.33. The lowest BCUT2D eigenvalue weighted by molar-refractivity contribution is 0.520. The molecular weight excluding hydrogens is 179 g/mol. The van der Waals surface area contributed by atoms with Crippen molar-refractivity contribution in [3.05, 3.63) is 30.3 Å². The fourth-order valence-corrected chi connectivity index (χ4v) is 1.45. The van der Waals surface area contributed by atoms with Gasteiger partial charge in [0.05, 0.1) is 0 Å². The van der Waals surface area contributed by atoms with E-state index in [9.17, 15) is 4.57 Å². The molecule has 0 aliphatic heterocycles. The van der Waals surface area contributed by atoms with Crippen molar-refractivity contribution >= 4 is 18.6 Å². The van der Waals surface area contributed by atoms with Crippen molar-refractivity contribution in [2.75, 3.05) is 6.26 Å². The summed E-state index contributed by atoms with van der Waals surface area (Å²) < 4.78 is 15.9. The summed E-state index contributed by atoms with van der Waals surface area (Å²) in [5, 5.41) is 0. The smallest absolute Gasteiger partial charge is 0.245 e. The van der Waals surface area contributed by atoms with Gasteiger partial charge in [-0.3, -0.25) is 0 Å². The Hall–Kier alpha value is -0.530.